The van der Waals surface area contributed by atoms with Crippen molar-refractivity contribution in [1.82, 2.24) is 24.4 Å². The van der Waals surface area contributed by atoms with Crippen LogP contribution in [-0.2, 0) is 16.6 Å². The molecule has 0 saturated heterocycles. The quantitative estimate of drug-likeness (QED) is 0.454. The van der Waals surface area contributed by atoms with E-state index < -0.39 is 16.1 Å². The smallest absolute Gasteiger partial charge is 0.326 e. The Bertz CT molecular complexity index is 1370. The molecule has 10 heteroatoms. The highest BCUT2D eigenvalue weighted by molar-refractivity contribution is 7.89. The van der Waals surface area contributed by atoms with E-state index in [9.17, 15) is 13.2 Å². The molecule has 162 valence electrons. The molecule has 2 aromatic carbocycles. The van der Waals surface area contributed by atoms with E-state index in [1.165, 1.54) is 12.1 Å². The van der Waals surface area contributed by atoms with Gasteiger partial charge in [0.2, 0.25) is 21.7 Å². The van der Waals surface area contributed by atoms with Crippen LogP contribution in [0.1, 0.15) is 32.7 Å². The van der Waals surface area contributed by atoms with Gasteiger partial charge in [-0.05, 0) is 43.2 Å². The number of fused-ring (bicyclic) bond motifs is 1. The normalized spacial score (nSPS) is 13.2. The zero-order valence-electron chi connectivity index (χ0n) is 17.4. The predicted molar refractivity (Wildman–Crippen MR) is 116 cm³/mol. The summed E-state index contributed by atoms with van der Waals surface area (Å²) < 4.78 is 35.3. The Hall–Kier alpha value is -3.24. The number of imidazole rings is 1. The monoisotopic (exact) mass is 441 g/mol. The van der Waals surface area contributed by atoms with Gasteiger partial charge in [-0.15, -0.1) is 0 Å². The molecule has 0 aliphatic carbocycles. The molecule has 2 aromatic heterocycles. The molecule has 31 heavy (non-hydrogen) atoms. The fraction of sp³-hybridized carbons (Fsp3) is 0.286. The van der Waals surface area contributed by atoms with Crippen LogP contribution in [0.25, 0.3) is 22.4 Å². The van der Waals surface area contributed by atoms with E-state index in [1.807, 2.05) is 26.8 Å². The van der Waals surface area contributed by atoms with Crippen molar-refractivity contribution < 1.29 is 12.9 Å². The van der Waals surface area contributed by atoms with Crippen LogP contribution < -0.4 is 10.4 Å². The van der Waals surface area contributed by atoms with E-state index in [0.717, 1.165) is 5.52 Å². The minimum absolute atomic E-state index is 0.135. The highest BCUT2D eigenvalue weighted by Crippen LogP contribution is 2.26. The van der Waals surface area contributed by atoms with E-state index in [4.69, 9.17) is 4.52 Å². The Morgan fingerprint density at radius 1 is 1.16 bits per heavy atom. The molecule has 0 amide bonds. The Labute approximate surface area is 179 Å². The van der Waals surface area contributed by atoms with Gasteiger partial charge in [0.25, 0.3) is 0 Å². The van der Waals surface area contributed by atoms with Crippen LogP contribution in [0.5, 0.6) is 0 Å². The number of hydrogen-bond donors (Lipinski definition) is 2. The first-order valence-electron chi connectivity index (χ1n) is 9.94. The van der Waals surface area contributed by atoms with Gasteiger partial charge in [0.05, 0.1) is 15.9 Å². The Morgan fingerprint density at radius 2 is 1.90 bits per heavy atom. The molecular weight excluding hydrogens is 418 g/mol. The second-order valence-electron chi connectivity index (χ2n) is 7.52. The zero-order chi connectivity index (χ0) is 22.2. The van der Waals surface area contributed by atoms with Crippen molar-refractivity contribution >= 4 is 21.1 Å². The number of nitrogens with zero attached hydrogens (tertiary/aromatic N) is 3. The number of benzene rings is 2. The second-order valence-corrected chi connectivity index (χ2v) is 9.23. The lowest BCUT2D eigenvalue weighted by Gasteiger charge is -2.18. The maximum Gasteiger partial charge on any atom is 0.326 e. The molecule has 0 radical (unpaired) electrons. The Balaban J connectivity index is 1.66. The summed E-state index contributed by atoms with van der Waals surface area (Å²) >= 11 is 0. The van der Waals surface area contributed by atoms with Gasteiger partial charge < -0.3 is 9.51 Å². The SMILES string of the molecule is CCn1c(=O)[nH]c2cc(-c3noc([C@@H](NS(=O)(=O)c4ccccc4)C(C)C)n3)ccc21. The third-order valence-corrected chi connectivity index (χ3v) is 6.52. The third kappa shape index (κ3) is 4.04. The van der Waals surface area contributed by atoms with Crippen molar-refractivity contribution in [2.45, 2.75) is 38.3 Å². The van der Waals surface area contributed by atoms with E-state index in [2.05, 4.69) is 19.8 Å². The van der Waals surface area contributed by atoms with E-state index in [-0.39, 0.29) is 22.4 Å². The summed E-state index contributed by atoms with van der Waals surface area (Å²) in [5.74, 6) is 0.347. The fourth-order valence-corrected chi connectivity index (χ4v) is 4.76. The van der Waals surface area contributed by atoms with E-state index in [1.54, 1.807) is 34.9 Å². The molecule has 2 N–H and O–H groups in total. The molecule has 0 spiro atoms. The largest absolute Gasteiger partial charge is 0.337 e. The predicted octanol–water partition coefficient (Wildman–Crippen LogP) is 3.08. The maximum absolute atomic E-state index is 12.8. The molecule has 4 rings (SSSR count). The summed E-state index contributed by atoms with van der Waals surface area (Å²) in [5, 5.41) is 4.03. The second kappa shape index (κ2) is 8.12. The van der Waals surface area contributed by atoms with E-state index in [0.29, 0.717) is 23.4 Å². The third-order valence-electron chi connectivity index (χ3n) is 5.06. The number of aryl methyl sites for hydroxylation is 1. The van der Waals surface area contributed by atoms with Gasteiger partial charge in [-0.25, -0.2) is 13.2 Å². The molecule has 4 aromatic rings. The molecule has 0 aliphatic rings. The molecule has 0 aliphatic heterocycles. The summed E-state index contributed by atoms with van der Waals surface area (Å²) in [6, 6.07) is 12.8. The molecule has 9 nitrogen and oxygen atoms in total. The molecule has 1 atom stereocenters. The number of aromatic amines is 1. The van der Waals surface area contributed by atoms with Crippen LogP contribution in [0.4, 0.5) is 0 Å². The van der Waals surface area contributed by atoms with Gasteiger partial charge in [0, 0.05) is 12.1 Å². The van der Waals surface area contributed by atoms with Gasteiger partial charge in [-0.1, -0.05) is 37.2 Å². The first-order chi connectivity index (χ1) is 14.8. The highest BCUT2D eigenvalue weighted by atomic mass is 32.2. The van der Waals surface area contributed by atoms with Crippen LogP contribution in [0.3, 0.4) is 0 Å². The van der Waals surface area contributed by atoms with Crippen LogP contribution in [-0.4, -0.2) is 28.1 Å². The first kappa shape index (κ1) is 21.0. The topological polar surface area (TPSA) is 123 Å². The van der Waals surface area contributed by atoms with Gasteiger partial charge >= 0.3 is 5.69 Å². The average molecular weight is 442 g/mol. The lowest BCUT2D eigenvalue weighted by atomic mass is 10.1. The number of hydrogen-bond acceptors (Lipinski definition) is 6. The number of sulfonamides is 1. The highest BCUT2D eigenvalue weighted by Gasteiger charge is 2.28. The van der Waals surface area contributed by atoms with E-state index >= 15 is 0 Å². The van der Waals surface area contributed by atoms with Crippen molar-refractivity contribution in [1.29, 1.82) is 0 Å². The lowest BCUT2D eigenvalue weighted by Crippen LogP contribution is -2.32. The Morgan fingerprint density at radius 3 is 2.58 bits per heavy atom. The van der Waals surface area contributed by atoms with Crippen molar-refractivity contribution in [3.05, 3.63) is 64.9 Å². The van der Waals surface area contributed by atoms with Crippen LogP contribution in [0.2, 0.25) is 0 Å². The summed E-state index contributed by atoms with van der Waals surface area (Å²) in [6.45, 7) is 6.19. The van der Waals surface area contributed by atoms with Crippen molar-refractivity contribution in [3.8, 4) is 11.4 Å². The van der Waals surface area contributed by atoms with Gasteiger partial charge in [-0.3, -0.25) is 4.57 Å². The molecule has 0 fully saturated rings. The summed E-state index contributed by atoms with van der Waals surface area (Å²) in [4.78, 5) is 19.4. The number of nitrogens with one attached hydrogen (secondary N) is 2. The van der Waals surface area contributed by atoms with Crippen LogP contribution >= 0.6 is 0 Å². The molecule has 2 heterocycles. The minimum Gasteiger partial charge on any atom is -0.337 e. The van der Waals surface area contributed by atoms with Crippen molar-refractivity contribution in [2.75, 3.05) is 0 Å². The molecule has 0 saturated carbocycles. The number of rotatable bonds is 7. The summed E-state index contributed by atoms with van der Waals surface area (Å²) in [5.41, 5.74) is 1.93. The lowest BCUT2D eigenvalue weighted by molar-refractivity contribution is 0.311. The first-order valence-corrected chi connectivity index (χ1v) is 11.4. The molecular formula is C21H23N5O4S. The minimum atomic E-state index is -3.76. The maximum atomic E-state index is 12.8. The standard InChI is InChI=1S/C21H23N5O4S/c1-4-26-17-11-10-14(12-16(17)22-21(26)27)19-23-20(30-24-19)18(13(2)3)25-31(28,29)15-8-6-5-7-9-15/h5-13,18,25H,4H2,1-3H3,(H,22,27)/t18-/m0/s1. The van der Waals surface area contributed by atoms with Crippen molar-refractivity contribution in [3.63, 3.8) is 0 Å². The van der Waals surface area contributed by atoms with Crippen LogP contribution in [0, 0.1) is 5.92 Å². The number of H-pyrrole nitrogens is 1. The van der Waals surface area contributed by atoms with Gasteiger partial charge in [-0.2, -0.15) is 9.71 Å². The van der Waals surface area contributed by atoms with Crippen LogP contribution in [0.15, 0.2) is 62.7 Å². The summed E-state index contributed by atoms with van der Waals surface area (Å²) in [6.07, 6.45) is 0. The summed E-state index contributed by atoms with van der Waals surface area (Å²) in [7, 11) is -3.76. The Kier molecular flexibility index (Phi) is 5.50. The number of aromatic nitrogens is 4. The average Bonchev–Trinajstić information content (AvgIpc) is 3.35. The molecule has 0 bridgehead atoms. The zero-order valence-corrected chi connectivity index (χ0v) is 18.2. The fourth-order valence-electron chi connectivity index (χ4n) is 3.40. The molecule has 0 unspecified atom stereocenters. The van der Waals surface area contributed by atoms with Gasteiger partial charge in [0.1, 0.15) is 6.04 Å². The van der Waals surface area contributed by atoms with Gasteiger partial charge in [0.15, 0.2) is 0 Å². The van der Waals surface area contributed by atoms with Crippen molar-refractivity contribution in [2.24, 2.45) is 5.92 Å².